The predicted molar refractivity (Wildman–Crippen MR) is 111 cm³/mol. The molecule has 0 aliphatic heterocycles. The number of pyridine rings is 1. The molecule has 4 rings (SSSR count). The van der Waals surface area contributed by atoms with Gasteiger partial charge in [0.05, 0.1) is 22.5 Å². The van der Waals surface area contributed by atoms with E-state index in [1.807, 2.05) is 0 Å². The van der Waals surface area contributed by atoms with Gasteiger partial charge in [-0.25, -0.2) is 14.6 Å². The molecule has 164 valence electrons. The molecule has 3 aromatic heterocycles. The topological polar surface area (TPSA) is 77.6 Å². The van der Waals surface area contributed by atoms with Crippen LogP contribution in [-0.4, -0.2) is 30.2 Å². The molecule has 0 saturated heterocycles. The van der Waals surface area contributed by atoms with Gasteiger partial charge in [0.2, 0.25) is 0 Å². The summed E-state index contributed by atoms with van der Waals surface area (Å²) in [6, 6.07) is 8.91. The van der Waals surface area contributed by atoms with Crippen LogP contribution in [0.2, 0.25) is 0 Å². The number of rotatable bonds is 5. The Morgan fingerprint density at radius 2 is 1.94 bits per heavy atom. The average Bonchev–Trinajstić information content (AvgIpc) is 3.41. The maximum atomic E-state index is 13.7. The van der Waals surface area contributed by atoms with Crippen LogP contribution in [-0.2, 0) is 12.7 Å². The van der Waals surface area contributed by atoms with Gasteiger partial charge in [0.1, 0.15) is 12.1 Å². The molecule has 7 nitrogen and oxygen atoms in total. The number of nitrogens with one attached hydrogen (secondary N) is 1. The van der Waals surface area contributed by atoms with Crippen molar-refractivity contribution < 1.29 is 18.0 Å². The minimum absolute atomic E-state index is 0.0425. The van der Waals surface area contributed by atoms with Crippen molar-refractivity contribution in [3.8, 4) is 11.5 Å². The van der Waals surface area contributed by atoms with Gasteiger partial charge in [-0.3, -0.25) is 9.36 Å². The number of hydrogen-bond acceptors (Lipinski definition) is 4. The number of carbonyl (C=O) groups is 1. The number of amides is 1. The number of benzene rings is 1. The maximum Gasteiger partial charge on any atom is 0.416 e. The standard InChI is InChI=1S/C22H19F3N6O/c1-14-9-15(2)31(29-14)18-5-3-16(19(10-18)22(23,24)25)11-28-21(32)17-4-6-20(27-12-17)30-8-7-26-13-30/h3-10,12-13H,11H2,1-2H3,(H,28,32). The normalized spacial score (nSPS) is 11.5. The van der Waals surface area contributed by atoms with Crippen molar-refractivity contribution in [1.82, 2.24) is 29.6 Å². The van der Waals surface area contributed by atoms with Gasteiger partial charge in [-0.15, -0.1) is 0 Å². The molecule has 0 aliphatic carbocycles. The lowest BCUT2D eigenvalue weighted by Crippen LogP contribution is -2.25. The van der Waals surface area contributed by atoms with E-state index in [1.54, 1.807) is 61.4 Å². The lowest BCUT2D eigenvalue weighted by atomic mass is 10.1. The summed E-state index contributed by atoms with van der Waals surface area (Å²) >= 11 is 0. The predicted octanol–water partition coefficient (Wildman–Crippen LogP) is 4.02. The zero-order valence-electron chi connectivity index (χ0n) is 17.3. The van der Waals surface area contributed by atoms with Crippen molar-refractivity contribution in [2.24, 2.45) is 0 Å². The average molecular weight is 440 g/mol. The SMILES string of the molecule is Cc1cc(C)n(-c2ccc(CNC(=O)c3ccc(-n4ccnc4)nc3)c(C(F)(F)F)c2)n1. The summed E-state index contributed by atoms with van der Waals surface area (Å²) in [6.07, 6.45) is 1.65. The number of aryl methyl sites for hydroxylation is 2. The Balaban J connectivity index is 1.53. The van der Waals surface area contributed by atoms with Crippen LogP contribution in [0.5, 0.6) is 0 Å². The summed E-state index contributed by atoms with van der Waals surface area (Å²) in [5.41, 5.74) is 1.11. The molecule has 1 amide bonds. The van der Waals surface area contributed by atoms with Gasteiger partial charge >= 0.3 is 6.18 Å². The van der Waals surface area contributed by atoms with Crippen LogP contribution in [0.25, 0.3) is 11.5 Å². The number of aromatic nitrogens is 5. The van der Waals surface area contributed by atoms with Crippen LogP contribution < -0.4 is 5.32 Å². The van der Waals surface area contributed by atoms with E-state index in [2.05, 4.69) is 20.4 Å². The molecule has 3 heterocycles. The Morgan fingerprint density at radius 1 is 1.12 bits per heavy atom. The van der Waals surface area contributed by atoms with Crippen molar-refractivity contribution in [2.45, 2.75) is 26.6 Å². The van der Waals surface area contributed by atoms with E-state index in [0.29, 0.717) is 17.2 Å². The van der Waals surface area contributed by atoms with Crippen LogP contribution in [0.4, 0.5) is 13.2 Å². The fourth-order valence-electron chi connectivity index (χ4n) is 3.35. The third kappa shape index (κ3) is 4.39. The van der Waals surface area contributed by atoms with Crippen LogP contribution in [0.3, 0.4) is 0 Å². The quantitative estimate of drug-likeness (QED) is 0.509. The Kier molecular flexibility index (Phi) is 5.52. The number of alkyl halides is 3. The van der Waals surface area contributed by atoms with Crippen molar-refractivity contribution in [3.05, 3.63) is 89.4 Å². The van der Waals surface area contributed by atoms with Gasteiger partial charge < -0.3 is 5.32 Å². The van der Waals surface area contributed by atoms with E-state index in [0.717, 1.165) is 11.8 Å². The molecular weight excluding hydrogens is 421 g/mol. The van der Waals surface area contributed by atoms with Crippen LogP contribution in [0.1, 0.15) is 32.9 Å². The Labute approximate surface area is 181 Å². The minimum Gasteiger partial charge on any atom is -0.348 e. The van der Waals surface area contributed by atoms with Gasteiger partial charge in [-0.2, -0.15) is 18.3 Å². The van der Waals surface area contributed by atoms with E-state index in [9.17, 15) is 18.0 Å². The summed E-state index contributed by atoms with van der Waals surface area (Å²) in [5, 5.41) is 6.78. The molecule has 0 unspecified atom stereocenters. The Morgan fingerprint density at radius 3 is 2.53 bits per heavy atom. The smallest absolute Gasteiger partial charge is 0.348 e. The zero-order valence-corrected chi connectivity index (χ0v) is 17.3. The fraction of sp³-hybridized carbons (Fsp3) is 0.182. The number of halogens is 3. The highest BCUT2D eigenvalue weighted by molar-refractivity contribution is 5.93. The molecule has 0 aliphatic rings. The van der Waals surface area contributed by atoms with Gasteiger partial charge in [0.15, 0.2) is 0 Å². The molecule has 1 N–H and O–H groups in total. The van der Waals surface area contributed by atoms with Gasteiger partial charge in [-0.1, -0.05) is 6.07 Å². The van der Waals surface area contributed by atoms with Gasteiger partial charge in [0.25, 0.3) is 5.91 Å². The van der Waals surface area contributed by atoms with Crippen LogP contribution >= 0.6 is 0 Å². The summed E-state index contributed by atoms with van der Waals surface area (Å²) in [6.45, 7) is 3.26. The van der Waals surface area contributed by atoms with Crippen molar-refractivity contribution >= 4 is 5.91 Å². The monoisotopic (exact) mass is 440 g/mol. The molecule has 0 bridgehead atoms. The largest absolute Gasteiger partial charge is 0.416 e. The summed E-state index contributed by atoms with van der Waals surface area (Å²) < 4.78 is 44.3. The van der Waals surface area contributed by atoms with Gasteiger partial charge in [-0.05, 0) is 49.7 Å². The molecule has 0 fully saturated rings. The first-order valence-corrected chi connectivity index (χ1v) is 9.69. The minimum atomic E-state index is -4.58. The van der Waals surface area contributed by atoms with E-state index in [4.69, 9.17) is 0 Å². The molecule has 0 spiro atoms. The lowest BCUT2D eigenvalue weighted by Gasteiger charge is -2.16. The number of carbonyl (C=O) groups excluding carboxylic acids is 1. The molecule has 0 saturated carbocycles. The highest BCUT2D eigenvalue weighted by atomic mass is 19.4. The first-order valence-electron chi connectivity index (χ1n) is 9.69. The second kappa shape index (κ2) is 8.29. The van der Waals surface area contributed by atoms with Crippen LogP contribution in [0, 0.1) is 13.8 Å². The zero-order chi connectivity index (χ0) is 22.9. The number of imidazole rings is 1. The highest BCUT2D eigenvalue weighted by Crippen LogP contribution is 2.33. The number of hydrogen-bond donors (Lipinski definition) is 1. The molecule has 10 heteroatoms. The molecule has 32 heavy (non-hydrogen) atoms. The fourth-order valence-corrected chi connectivity index (χ4v) is 3.35. The Hall–Kier alpha value is -3.95. The van der Waals surface area contributed by atoms with Crippen molar-refractivity contribution in [2.75, 3.05) is 0 Å². The van der Waals surface area contributed by atoms with Crippen molar-refractivity contribution in [1.29, 1.82) is 0 Å². The van der Waals surface area contributed by atoms with Gasteiger partial charge in [0, 0.05) is 30.8 Å². The third-order valence-corrected chi connectivity index (χ3v) is 4.87. The molecule has 4 aromatic rings. The second-order valence-electron chi connectivity index (χ2n) is 7.24. The first-order chi connectivity index (χ1) is 15.2. The number of nitrogens with zero attached hydrogens (tertiary/aromatic N) is 5. The highest BCUT2D eigenvalue weighted by Gasteiger charge is 2.34. The Bertz CT molecular complexity index is 1240. The van der Waals surface area contributed by atoms with E-state index < -0.39 is 17.6 Å². The molecule has 0 radical (unpaired) electrons. The molecule has 1 aromatic carbocycles. The second-order valence-corrected chi connectivity index (χ2v) is 7.24. The molecular formula is C22H19F3N6O. The van der Waals surface area contributed by atoms with E-state index >= 15 is 0 Å². The van der Waals surface area contributed by atoms with E-state index in [-0.39, 0.29) is 17.7 Å². The summed E-state index contributed by atoms with van der Waals surface area (Å²) in [7, 11) is 0. The summed E-state index contributed by atoms with van der Waals surface area (Å²) in [4.78, 5) is 20.6. The lowest BCUT2D eigenvalue weighted by molar-refractivity contribution is -0.138. The first kappa shape index (κ1) is 21.3. The third-order valence-electron chi connectivity index (χ3n) is 4.87. The summed E-state index contributed by atoms with van der Waals surface area (Å²) in [5.74, 6) is 0.0450. The molecule has 0 atom stereocenters. The van der Waals surface area contributed by atoms with Crippen LogP contribution in [0.15, 0.2) is 61.3 Å². The van der Waals surface area contributed by atoms with E-state index in [1.165, 1.54) is 16.9 Å². The maximum absolute atomic E-state index is 13.7. The van der Waals surface area contributed by atoms with Crippen molar-refractivity contribution in [3.63, 3.8) is 0 Å².